The molecule has 2 aromatic rings. The van der Waals surface area contributed by atoms with E-state index in [2.05, 4.69) is 4.98 Å². The van der Waals surface area contributed by atoms with Crippen LogP contribution in [-0.4, -0.2) is 20.5 Å². The monoisotopic (exact) mass is 196 g/mol. The second-order valence-corrected chi connectivity index (χ2v) is 2.94. The smallest absolute Gasteiger partial charge is 0.335 e. The van der Waals surface area contributed by atoms with Crippen molar-refractivity contribution in [2.75, 3.05) is 0 Å². The van der Waals surface area contributed by atoms with Gasteiger partial charge >= 0.3 is 5.97 Å². The first kappa shape index (κ1) is 8.07. The molecular formula is C8H5ClN2O2. The number of fused-ring (bicyclic) bond motifs is 1. The van der Waals surface area contributed by atoms with Gasteiger partial charge in [-0.15, -0.1) is 0 Å². The molecule has 2 rings (SSSR count). The molecule has 0 unspecified atom stereocenters. The molecule has 0 aliphatic carbocycles. The van der Waals surface area contributed by atoms with Gasteiger partial charge in [0, 0.05) is 12.4 Å². The van der Waals surface area contributed by atoms with Gasteiger partial charge in [-0.25, -0.2) is 9.78 Å². The molecule has 0 saturated carbocycles. The van der Waals surface area contributed by atoms with Crippen molar-refractivity contribution in [1.29, 1.82) is 0 Å². The Morgan fingerprint density at radius 1 is 1.62 bits per heavy atom. The summed E-state index contributed by atoms with van der Waals surface area (Å²) in [5.74, 6) is -0.971. The Labute approximate surface area is 78.4 Å². The lowest BCUT2D eigenvalue weighted by molar-refractivity contribution is 0.0697. The molecule has 0 bridgehead atoms. The van der Waals surface area contributed by atoms with E-state index in [0.29, 0.717) is 10.8 Å². The number of aromatic nitrogens is 2. The summed E-state index contributed by atoms with van der Waals surface area (Å²) in [6.45, 7) is 0. The number of carboxylic acid groups (broad SMARTS) is 1. The number of nitrogens with zero attached hydrogens (tertiary/aromatic N) is 2. The third-order valence-corrected chi connectivity index (χ3v) is 1.86. The van der Waals surface area contributed by atoms with Gasteiger partial charge in [-0.3, -0.25) is 0 Å². The standard InChI is InChI=1S/C8H5ClN2O2/c9-6-4-11-2-1-5(8(12)13)3-7(11)10-6/h1-4H,(H,12,13). The molecule has 2 heterocycles. The number of pyridine rings is 1. The van der Waals surface area contributed by atoms with Crippen LogP contribution in [0.2, 0.25) is 5.15 Å². The highest BCUT2D eigenvalue weighted by Crippen LogP contribution is 2.11. The van der Waals surface area contributed by atoms with E-state index in [1.807, 2.05) is 0 Å². The molecule has 0 saturated heterocycles. The second-order valence-electron chi connectivity index (χ2n) is 2.55. The first-order chi connectivity index (χ1) is 6.16. The van der Waals surface area contributed by atoms with E-state index in [9.17, 15) is 4.79 Å². The summed E-state index contributed by atoms with van der Waals surface area (Å²) < 4.78 is 1.66. The number of hydrogen-bond acceptors (Lipinski definition) is 2. The van der Waals surface area contributed by atoms with Crippen molar-refractivity contribution in [3.8, 4) is 0 Å². The SMILES string of the molecule is O=C(O)c1ccn2cc(Cl)nc2c1. The van der Waals surface area contributed by atoms with Gasteiger partial charge < -0.3 is 9.51 Å². The topological polar surface area (TPSA) is 54.6 Å². The lowest BCUT2D eigenvalue weighted by atomic mass is 10.3. The lowest BCUT2D eigenvalue weighted by Gasteiger charge is -1.94. The average molecular weight is 197 g/mol. The minimum absolute atomic E-state index is 0.203. The summed E-state index contributed by atoms with van der Waals surface area (Å²) in [4.78, 5) is 14.5. The zero-order valence-corrected chi connectivity index (χ0v) is 7.19. The Bertz CT molecular complexity index is 478. The van der Waals surface area contributed by atoms with Crippen molar-refractivity contribution in [3.63, 3.8) is 0 Å². The zero-order chi connectivity index (χ0) is 9.42. The predicted molar refractivity (Wildman–Crippen MR) is 47.2 cm³/mol. The van der Waals surface area contributed by atoms with Gasteiger partial charge in [0.1, 0.15) is 10.8 Å². The number of imidazole rings is 1. The van der Waals surface area contributed by atoms with Gasteiger partial charge in [-0.2, -0.15) is 0 Å². The van der Waals surface area contributed by atoms with Gasteiger partial charge in [-0.05, 0) is 12.1 Å². The summed E-state index contributed by atoms with van der Waals surface area (Å²) >= 11 is 5.64. The molecule has 13 heavy (non-hydrogen) atoms. The maximum absolute atomic E-state index is 10.6. The van der Waals surface area contributed by atoms with E-state index in [1.165, 1.54) is 12.1 Å². The number of carboxylic acids is 1. The molecule has 0 aliphatic rings. The van der Waals surface area contributed by atoms with E-state index in [0.717, 1.165) is 0 Å². The number of hydrogen-bond donors (Lipinski definition) is 1. The molecular weight excluding hydrogens is 192 g/mol. The second kappa shape index (κ2) is 2.74. The highest BCUT2D eigenvalue weighted by Gasteiger charge is 2.04. The van der Waals surface area contributed by atoms with E-state index in [-0.39, 0.29) is 5.56 Å². The summed E-state index contributed by atoms with van der Waals surface area (Å²) in [5.41, 5.74) is 0.736. The molecule has 0 aliphatic heterocycles. The lowest BCUT2D eigenvalue weighted by Crippen LogP contribution is -1.96. The van der Waals surface area contributed by atoms with Crippen LogP contribution < -0.4 is 0 Å². The van der Waals surface area contributed by atoms with Gasteiger partial charge in [0.15, 0.2) is 0 Å². The normalized spacial score (nSPS) is 10.5. The summed E-state index contributed by atoms with van der Waals surface area (Å²) in [6, 6.07) is 2.96. The number of aromatic carboxylic acids is 1. The van der Waals surface area contributed by atoms with Crippen LogP contribution in [-0.2, 0) is 0 Å². The Morgan fingerprint density at radius 3 is 3.08 bits per heavy atom. The molecule has 0 radical (unpaired) electrons. The van der Waals surface area contributed by atoms with E-state index in [1.54, 1.807) is 16.8 Å². The van der Waals surface area contributed by atoms with E-state index >= 15 is 0 Å². The highest BCUT2D eigenvalue weighted by molar-refractivity contribution is 6.29. The molecule has 2 aromatic heterocycles. The van der Waals surface area contributed by atoms with Gasteiger partial charge in [0.05, 0.1) is 5.56 Å². The molecule has 0 atom stereocenters. The fourth-order valence-electron chi connectivity index (χ4n) is 1.08. The molecule has 66 valence electrons. The van der Waals surface area contributed by atoms with Crippen molar-refractivity contribution in [2.45, 2.75) is 0 Å². The maximum atomic E-state index is 10.6. The minimum atomic E-state index is -0.971. The Balaban J connectivity index is 2.67. The average Bonchev–Trinajstić information content (AvgIpc) is 2.42. The van der Waals surface area contributed by atoms with Crippen molar-refractivity contribution in [3.05, 3.63) is 35.2 Å². The van der Waals surface area contributed by atoms with Crippen LogP contribution in [0.3, 0.4) is 0 Å². The van der Waals surface area contributed by atoms with Crippen LogP contribution in [0.25, 0.3) is 5.65 Å². The zero-order valence-electron chi connectivity index (χ0n) is 6.44. The largest absolute Gasteiger partial charge is 0.478 e. The van der Waals surface area contributed by atoms with Crippen LogP contribution in [0.1, 0.15) is 10.4 Å². The first-order valence-corrected chi connectivity index (χ1v) is 3.92. The summed E-state index contributed by atoms with van der Waals surface area (Å²) in [7, 11) is 0. The van der Waals surface area contributed by atoms with Crippen LogP contribution in [0.4, 0.5) is 0 Å². The highest BCUT2D eigenvalue weighted by atomic mass is 35.5. The third-order valence-electron chi connectivity index (χ3n) is 1.68. The first-order valence-electron chi connectivity index (χ1n) is 3.54. The minimum Gasteiger partial charge on any atom is -0.478 e. The number of carbonyl (C=O) groups is 1. The molecule has 0 amide bonds. The van der Waals surface area contributed by atoms with Gasteiger partial charge in [0.25, 0.3) is 0 Å². The van der Waals surface area contributed by atoms with Crippen molar-refractivity contribution in [2.24, 2.45) is 0 Å². The van der Waals surface area contributed by atoms with Crippen molar-refractivity contribution < 1.29 is 9.90 Å². The molecule has 0 aromatic carbocycles. The quantitative estimate of drug-likeness (QED) is 0.755. The predicted octanol–water partition coefficient (Wildman–Crippen LogP) is 1.69. The van der Waals surface area contributed by atoms with E-state index in [4.69, 9.17) is 16.7 Å². The third kappa shape index (κ3) is 1.36. The van der Waals surface area contributed by atoms with Gasteiger partial charge in [-0.1, -0.05) is 11.6 Å². The van der Waals surface area contributed by atoms with E-state index < -0.39 is 5.97 Å². The molecule has 5 heteroatoms. The van der Waals surface area contributed by atoms with Gasteiger partial charge in [0.2, 0.25) is 0 Å². The van der Waals surface area contributed by atoms with Crippen LogP contribution >= 0.6 is 11.6 Å². The van der Waals surface area contributed by atoms with Crippen molar-refractivity contribution in [1.82, 2.24) is 9.38 Å². The molecule has 0 fully saturated rings. The fraction of sp³-hybridized carbons (Fsp3) is 0. The molecule has 4 nitrogen and oxygen atoms in total. The maximum Gasteiger partial charge on any atom is 0.335 e. The summed E-state index contributed by atoms with van der Waals surface area (Å²) in [5, 5.41) is 9.03. The number of rotatable bonds is 1. The molecule has 0 spiro atoms. The summed E-state index contributed by atoms with van der Waals surface area (Å²) in [6.07, 6.45) is 3.22. The molecule has 1 N–H and O–H groups in total. The van der Waals surface area contributed by atoms with Crippen molar-refractivity contribution >= 4 is 23.2 Å². The van der Waals surface area contributed by atoms with Crippen LogP contribution in [0.5, 0.6) is 0 Å². The van der Waals surface area contributed by atoms with Crippen LogP contribution in [0, 0.1) is 0 Å². The van der Waals surface area contributed by atoms with Crippen LogP contribution in [0.15, 0.2) is 24.5 Å². The Morgan fingerprint density at radius 2 is 2.38 bits per heavy atom. The Hall–Kier alpha value is -1.55. The number of halogens is 1. The Kier molecular flexibility index (Phi) is 1.70. The fourth-order valence-corrected chi connectivity index (χ4v) is 1.28.